The van der Waals surface area contributed by atoms with E-state index in [2.05, 4.69) is 10.3 Å². The molecule has 4 rings (SSSR count). The van der Waals surface area contributed by atoms with Gasteiger partial charge >= 0.3 is 0 Å². The number of carbonyl (C=O) groups is 1. The second kappa shape index (κ2) is 7.86. The third-order valence-electron chi connectivity index (χ3n) is 5.17. The molecule has 3 heterocycles. The first-order valence-electron chi connectivity index (χ1n) is 9.68. The number of rotatable bonds is 4. The van der Waals surface area contributed by atoms with Gasteiger partial charge in [0.15, 0.2) is 11.9 Å². The van der Waals surface area contributed by atoms with E-state index in [0.29, 0.717) is 24.2 Å². The molecular weight excluding hydrogens is 396 g/mol. The summed E-state index contributed by atoms with van der Waals surface area (Å²) in [4.78, 5) is 14.2. The van der Waals surface area contributed by atoms with Gasteiger partial charge in [-0.1, -0.05) is 11.3 Å². The lowest BCUT2D eigenvalue weighted by atomic mass is 9.97. The number of benzene rings is 1. The lowest BCUT2D eigenvalue weighted by Gasteiger charge is -2.29. The van der Waals surface area contributed by atoms with Gasteiger partial charge in [0.2, 0.25) is 0 Å². The smallest absolute Gasteiger partial charge is 0.254 e. The molecule has 30 heavy (non-hydrogen) atoms. The summed E-state index contributed by atoms with van der Waals surface area (Å²) in [6.45, 7) is 4.46. The van der Waals surface area contributed by atoms with Crippen molar-refractivity contribution in [3.05, 3.63) is 47.3 Å². The second-order valence-electron chi connectivity index (χ2n) is 7.72. The van der Waals surface area contributed by atoms with Gasteiger partial charge in [-0.2, -0.15) is 0 Å². The maximum Gasteiger partial charge on any atom is 0.254 e. The molecule has 2 aliphatic rings. The van der Waals surface area contributed by atoms with Crippen LogP contribution in [0.3, 0.4) is 0 Å². The third kappa shape index (κ3) is 3.98. The van der Waals surface area contributed by atoms with Crippen molar-refractivity contribution in [2.24, 2.45) is 5.73 Å². The van der Waals surface area contributed by atoms with E-state index in [0.717, 1.165) is 0 Å². The number of ether oxygens (including phenoxy) is 2. The lowest BCUT2D eigenvalue weighted by molar-refractivity contribution is -0.159. The minimum absolute atomic E-state index is 0.0911. The van der Waals surface area contributed by atoms with Crippen LogP contribution in [0.1, 0.15) is 31.5 Å². The van der Waals surface area contributed by atoms with Crippen LogP contribution in [0, 0.1) is 11.6 Å². The summed E-state index contributed by atoms with van der Waals surface area (Å²) in [6, 6.07) is 2.41. The Hall–Kier alpha value is -2.69. The molecule has 1 aromatic heterocycles. The van der Waals surface area contributed by atoms with Gasteiger partial charge in [-0.05, 0) is 25.8 Å². The lowest BCUT2D eigenvalue weighted by Crippen LogP contribution is -2.43. The highest BCUT2D eigenvalue weighted by atomic mass is 19.1. The van der Waals surface area contributed by atoms with E-state index in [1.165, 1.54) is 23.0 Å². The molecule has 0 radical (unpaired) electrons. The summed E-state index contributed by atoms with van der Waals surface area (Å²) < 4.78 is 41.9. The SMILES string of the molecule is CC1(C)OCC(C(=O)N2CC=C(c3c(F)cc(-n4cc(CN)nn4)cc3F)CC2)O1. The highest BCUT2D eigenvalue weighted by molar-refractivity contribution is 5.83. The van der Waals surface area contributed by atoms with Crippen molar-refractivity contribution in [2.75, 3.05) is 19.7 Å². The normalized spacial score (nSPS) is 21.0. The van der Waals surface area contributed by atoms with E-state index >= 15 is 0 Å². The first kappa shape index (κ1) is 20.6. The molecule has 0 saturated carbocycles. The fraction of sp³-hybridized carbons (Fsp3) is 0.450. The van der Waals surface area contributed by atoms with Crippen LogP contribution in [0.4, 0.5) is 8.78 Å². The molecule has 1 unspecified atom stereocenters. The molecule has 2 aliphatic heterocycles. The number of hydrogen-bond donors (Lipinski definition) is 1. The molecule has 0 bridgehead atoms. The molecule has 1 aromatic carbocycles. The summed E-state index contributed by atoms with van der Waals surface area (Å²) in [6.07, 6.45) is 2.86. The van der Waals surface area contributed by atoms with E-state index in [1.807, 2.05) is 0 Å². The molecule has 0 spiro atoms. The number of aromatic nitrogens is 3. The van der Waals surface area contributed by atoms with Crippen LogP contribution in [-0.4, -0.2) is 57.4 Å². The predicted molar refractivity (Wildman–Crippen MR) is 103 cm³/mol. The first-order valence-corrected chi connectivity index (χ1v) is 9.68. The van der Waals surface area contributed by atoms with Gasteiger partial charge in [0.1, 0.15) is 11.6 Å². The van der Waals surface area contributed by atoms with Crippen molar-refractivity contribution >= 4 is 11.5 Å². The number of nitrogens with two attached hydrogens (primary N) is 1. The summed E-state index contributed by atoms with van der Waals surface area (Å²) in [5.41, 5.74) is 6.65. The molecule has 1 fully saturated rings. The molecule has 8 nitrogen and oxygen atoms in total. The second-order valence-corrected chi connectivity index (χ2v) is 7.72. The number of halogens is 2. The number of hydrogen-bond acceptors (Lipinski definition) is 6. The maximum atomic E-state index is 14.8. The van der Waals surface area contributed by atoms with Crippen LogP contribution in [-0.2, 0) is 20.8 Å². The van der Waals surface area contributed by atoms with Gasteiger partial charge in [0, 0.05) is 37.3 Å². The Morgan fingerprint density at radius 3 is 2.60 bits per heavy atom. The van der Waals surface area contributed by atoms with Crippen molar-refractivity contribution in [3.8, 4) is 5.69 Å². The van der Waals surface area contributed by atoms with Crippen molar-refractivity contribution in [1.82, 2.24) is 19.9 Å². The number of carbonyl (C=O) groups excluding carboxylic acids is 1. The fourth-order valence-corrected chi connectivity index (χ4v) is 3.63. The predicted octanol–water partition coefficient (Wildman–Crippen LogP) is 1.77. The summed E-state index contributed by atoms with van der Waals surface area (Å²) in [5, 5.41) is 7.66. The van der Waals surface area contributed by atoms with E-state index in [-0.39, 0.29) is 36.9 Å². The quantitative estimate of drug-likeness (QED) is 0.812. The molecule has 2 N–H and O–H groups in total. The zero-order valence-electron chi connectivity index (χ0n) is 16.8. The van der Waals surface area contributed by atoms with Crippen molar-refractivity contribution in [3.63, 3.8) is 0 Å². The molecule has 1 atom stereocenters. The monoisotopic (exact) mass is 419 g/mol. The molecule has 160 valence electrons. The molecule has 2 aromatic rings. The van der Waals surface area contributed by atoms with E-state index in [9.17, 15) is 13.6 Å². The van der Waals surface area contributed by atoms with Gasteiger partial charge in [-0.3, -0.25) is 4.79 Å². The summed E-state index contributed by atoms with van der Waals surface area (Å²) >= 11 is 0. The minimum atomic E-state index is -0.792. The fourth-order valence-electron chi connectivity index (χ4n) is 3.63. The average molecular weight is 419 g/mol. The Morgan fingerprint density at radius 1 is 1.33 bits per heavy atom. The summed E-state index contributed by atoms with van der Waals surface area (Å²) in [7, 11) is 0. The van der Waals surface area contributed by atoms with Gasteiger partial charge in [-0.25, -0.2) is 13.5 Å². The van der Waals surface area contributed by atoms with Crippen LogP contribution in [0.5, 0.6) is 0 Å². The Balaban J connectivity index is 1.50. The first-order chi connectivity index (χ1) is 14.3. The molecular formula is C20H23F2N5O3. The van der Waals surface area contributed by atoms with Crippen molar-refractivity contribution in [2.45, 2.75) is 38.7 Å². The zero-order valence-corrected chi connectivity index (χ0v) is 16.8. The average Bonchev–Trinajstić information content (AvgIpc) is 3.33. The number of amides is 1. The molecule has 10 heteroatoms. The van der Waals surface area contributed by atoms with Gasteiger partial charge in [0.05, 0.1) is 24.2 Å². The van der Waals surface area contributed by atoms with E-state index in [1.54, 1.807) is 24.8 Å². The number of nitrogens with zero attached hydrogens (tertiary/aromatic N) is 4. The Kier molecular flexibility index (Phi) is 5.39. The topological polar surface area (TPSA) is 95.5 Å². The molecule has 1 amide bonds. The standard InChI is InChI=1S/C20H23F2N5O3/c1-20(2)29-11-17(30-20)19(28)26-5-3-12(4-6-26)18-15(21)7-14(8-16(18)22)27-10-13(9-23)24-25-27/h3,7-8,10,17H,4-6,9,11,23H2,1-2H3. The van der Waals surface area contributed by atoms with Gasteiger partial charge in [0.25, 0.3) is 5.91 Å². The van der Waals surface area contributed by atoms with E-state index < -0.39 is 23.5 Å². The summed E-state index contributed by atoms with van der Waals surface area (Å²) in [5.74, 6) is -2.38. The van der Waals surface area contributed by atoms with Crippen LogP contribution >= 0.6 is 0 Å². The van der Waals surface area contributed by atoms with Gasteiger partial charge < -0.3 is 20.1 Å². The van der Waals surface area contributed by atoms with Gasteiger partial charge in [-0.15, -0.1) is 5.10 Å². The minimum Gasteiger partial charge on any atom is -0.347 e. The molecule has 1 saturated heterocycles. The highest BCUT2D eigenvalue weighted by Gasteiger charge is 2.39. The third-order valence-corrected chi connectivity index (χ3v) is 5.17. The van der Waals surface area contributed by atoms with Crippen molar-refractivity contribution in [1.29, 1.82) is 0 Å². The Morgan fingerprint density at radius 2 is 2.07 bits per heavy atom. The zero-order chi connectivity index (χ0) is 21.5. The maximum absolute atomic E-state index is 14.8. The van der Waals surface area contributed by atoms with Crippen LogP contribution in [0.2, 0.25) is 0 Å². The van der Waals surface area contributed by atoms with Crippen LogP contribution < -0.4 is 5.73 Å². The van der Waals surface area contributed by atoms with Crippen LogP contribution in [0.15, 0.2) is 24.4 Å². The largest absolute Gasteiger partial charge is 0.347 e. The Bertz CT molecular complexity index is 981. The Labute approximate surface area is 172 Å². The highest BCUT2D eigenvalue weighted by Crippen LogP contribution is 2.30. The van der Waals surface area contributed by atoms with Crippen molar-refractivity contribution < 1.29 is 23.0 Å². The van der Waals surface area contributed by atoms with Crippen LogP contribution in [0.25, 0.3) is 11.3 Å². The van der Waals surface area contributed by atoms with E-state index in [4.69, 9.17) is 15.2 Å². The molecule has 0 aliphatic carbocycles.